The predicted octanol–water partition coefficient (Wildman–Crippen LogP) is 2.69. The average Bonchev–Trinajstić information content (AvgIpc) is 2.02. The van der Waals surface area contributed by atoms with Crippen molar-refractivity contribution in [3.8, 4) is 0 Å². The molecule has 0 aromatic heterocycles. The summed E-state index contributed by atoms with van der Waals surface area (Å²) in [6, 6.07) is 9.99. The van der Waals surface area contributed by atoms with Crippen LogP contribution in [0.25, 0.3) is 0 Å². The Morgan fingerprint density at radius 1 is 1.23 bits per heavy atom. The van der Waals surface area contributed by atoms with Gasteiger partial charge < -0.3 is 5.11 Å². The highest BCUT2D eigenvalue weighted by Crippen LogP contribution is 2.41. The van der Waals surface area contributed by atoms with Gasteiger partial charge in [0.2, 0.25) is 0 Å². The quantitative estimate of drug-likeness (QED) is 0.734. The van der Waals surface area contributed by atoms with Gasteiger partial charge in [-0.3, -0.25) is 0 Å². The molecule has 13 heavy (non-hydrogen) atoms. The van der Waals surface area contributed by atoms with E-state index in [1.807, 2.05) is 37.3 Å². The van der Waals surface area contributed by atoms with E-state index in [-0.39, 0.29) is 0 Å². The van der Waals surface area contributed by atoms with E-state index in [2.05, 4.69) is 0 Å². The molecule has 1 nitrogen and oxygen atoms in total. The molecule has 0 radical (unpaired) electrons. The molecule has 1 atom stereocenters. The lowest BCUT2D eigenvalue weighted by atomic mass is 9.71. The first-order valence-electron chi connectivity index (χ1n) is 4.99. The van der Waals surface area contributed by atoms with Gasteiger partial charge in [0.25, 0.3) is 0 Å². The van der Waals surface area contributed by atoms with Crippen molar-refractivity contribution in [1.29, 1.82) is 0 Å². The van der Waals surface area contributed by atoms with E-state index in [1.54, 1.807) is 0 Å². The molecule has 0 spiro atoms. The van der Waals surface area contributed by atoms with E-state index < -0.39 is 5.60 Å². The molecule has 1 fully saturated rings. The fourth-order valence-electron chi connectivity index (χ4n) is 1.98. The molecular weight excluding hydrogens is 160 g/mol. The van der Waals surface area contributed by atoms with E-state index in [4.69, 9.17) is 0 Å². The maximum atomic E-state index is 10.3. The summed E-state index contributed by atoms with van der Waals surface area (Å²) >= 11 is 0. The second-order valence-electron chi connectivity index (χ2n) is 4.14. The molecule has 0 unspecified atom stereocenters. The molecular formula is C12H16O. The number of aliphatic hydroxyl groups is 1. The standard InChI is InChI=1S/C12H16O/c1-12(13,11-8-5-9-11)10-6-3-2-4-7-10/h2-4,6-7,11,13H,5,8-9H2,1H3/t12-/m0/s1. The van der Waals surface area contributed by atoms with E-state index in [0.29, 0.717) is 5.92 Å². The Morgan fingerprint density at radius 2 is 1.85 bits per heavy atom. The highest BCUT2D eigenvalue weighted by Gasteiger charge is 2.37. The number of benzene rings is 1. The second kappa shape index (κ2) is 3.15. The summed E-state index contributed by atoms with van der Waals surface area (Å²) in [6.07, 6.45) is 3.61. The number of rotatable bonds is 2. The van der Waals surface area contributed by atoms with Gasteiger partial charge >= 0.3 is 0 Å². The van der Waals surface area contributed by atoms with Crippen molar-refractivity contribution in [2.45, 2.75) is 31.8 Å². The third-order valence-corrected chi connectivity index (χ3v) is 3.26. The predicted molar refractivity (Wildman–Crippen MR) is 53.4 cm³/mol. The fourth-order valence-corrected chi connectivity index (χ4v) is 1.98. The maximum absolute atomic E-state index is 10.3. The van der Waals surface area contributed by atoms with Crippen molar-refractivity contribution < 1.29 is 5.11 Å². The second-order valence-corrected chi connectivity index (χ2v) is 4.14. The molecule has 0 bridgehead atoms. The molecule has 2 rings (SSSR count). The molecule has 0 heterocycles. The third kappa shape index (κ3) is 1.49. The molecule has 0 saturated heterocycles. The van der Waals surface area contributed by atoms with Crippen LogP contribution in [0.2, 0.25) is 0 Å². The SMILES string of the molecule is C[C@](O)(c1ccccc1)C1CCC1. The Morgan fingerprint density at radius 3 is 2.31 bits per heavy atom. The third-order valence-electron chi connectivity index (χ3n) is 3.26. The van der Waals surface area contributed by atoms with Gasteiger partial charge in [0.05, 0.1) is 5.60 Å². The van der Waals surface area contributed by atoms with Crippen molar-refractivity contribution in [3.05, 3.63) is 35.9 Å². The summed E-state index contributed by atoms with van der Waals surface area (Å²) in [5.41, 5.74) is 0.444. The lowest BCUT2D eigenvalue weighted by molar-refractivity contribution is -0.0399. The van der Waals surface area contributed by atoms with Gasteiger partial charge in [0.15, 0.2) is 0 Å². The molecule has 1 aromatic carbocycles. The van der Waals surface area contributed by atoms with Gasteiger partial charge in [-0.15, -0.1) is 0 Å². The Hall–Kier alpha value is -0.820. The van der Waals surface area contributed by atoms with Gasteiger partial charge in [-0.25, -0.2) is 0 Å². The van der Waals surface area contributed by atoms with Crippen molar-refractivity contribution in [2.75, 3.05) is 0 Å². The molecule has 1 heteroatoms. The average molecular weight is 176 g/mol. The summed E-state index contributed by atoms with van der Waals surface area (Å²) < 4.78 is 0. The van der Waals surface area contributed by atoms with Crippen LogP contribution in [-0.2, 0) is 5.60 Å². The molecule has 1 N–H and O–H groups in total. The minimum Gasteiger partial charge on any atom is -0.385 e. The molecule has 1 aliphatic rings. The first-order valence-corrected chi connectivity index (χ1v) is 4.99. The molecule has 1 saturated carbocycles. The molecule has 1 aromatic rings. The van der Waals surface area contributed by atoms with E-state index in [0.717, 1.165) is 5.56 Å². The van der Waals surface area contributed by atoms with Crippen LogP contribution >= 0.6 is 0 Å². The zero-order chi connectivity index (χ0) is 9.31. The largest absolute Gasteiger partial charge is 0.385 e. The van der Waals surface area contributed by atoms with Crippen LogP contribution < -0.4 is 0 Å². The highest BCUT2D eigenvalue weighted by atomic mass is 16.3. The molecule has 70 valence electrons. The summed E-state index contributed by atoms with van der Waals surface area (Å²) in [6.45, 7) is 1.94. The maximum Gasteiger partial charge on any atom is 0.0896 e. The fraction of sp³-hybridized carbons (Fsp3) is 0.500. The minimum atomic E-state index is -0.612. The Bertz CT molecular complexity index is 272. The Labute approximate surface area is 79.4 Å². The monoisotopic (exact) mass is 176 g/mol. The van der Waals surface area contributed by atoms with Crippen LogP contribution in [0.1, 0.15) is 31.7 Å². The van der Waals surface area contributed by atoms with E-state index in [1.165, 1.54) is 19.3 Å². The first kappa shape index (κ1) is 8.76. The summed E-state index contributed by atoms with van der Waals surface area (Å²) in [5.74, 6) is 0.468. The van der Waals surface area contributed by atoms with Gasteiger partial charge in [-0.1, -0.05) is 36.8 Å². The normalized spacial score (nSPS) is 22.0. The topological polar surface area (TPSA) is 20.2 Å². The van der Waals surface area contributed by atoms with Crippen LogP contribution in [0.4, 0.5) is 0 Å². The minimum absolute atomic E-state index is 0.468. The number of hydrogen-bond donors (Lipinski definition) is 1. The van der Waals surface area contributed by atoms with Crippen molar-refractivity contribution >= 4 is 0 Å². The molecule has 0 amide bonds. The van der Waals surface area contributed by atoms with Crippen LogP contribution in [-0.4, -0.2) is 5.11 Å². The summed E-state index contributed by atoms with van der Waals surface area (Å²) in [7, 11) is 0. The van der Waals surface area contributed by atoms with E-state index in [9.17, 15) is 5.11 Å². The highest BCUT2D eigenvalue weighted by molar-refractivity contribution is 5.22. The molecule has 1 aliphatic carbocycles. The molecule has 0 aliphatic heterocycles. The Balaban J connectivity index is 2.23. The van der Waals surface area contributed by atoms with Gasteiger partial charge in [0.1, 0.15) is 0 Å². The van der Waals surface area contributed by atoms with Crippen molar-refractivity contribution in [2.24, 2.45) is 5.92 Å². The van der Waals surface area contributed by atoms with Gasteiger partial charge in [-0.2, -0.15) is 0 Å². The number of hydrogen-bond acceptors (Lipinski definition) is 1. The summed E-state index contributed by atoms with van der Waals surface area (Å²) in [5, 5.41) is 10.3. The Kier molecular flexibility index (Phi) is 2.12. The first-order chi connectivity index (χ1) is 6.21. The smallest absolute Gasteiger partial charge is 0.0896 e. The van der Waals surface area contributed by atoms with E-state index >= 15 is 0 Å². The lowest BCUT2D eigenvalue weighted by Crippen LogP contribution is -2.36. The lowest BCUT2D eigenvalue weighted by Gasteiger charge is -2.39. The zero-order valence-corrected chi connectivity index (χ0v) is 8.03. The van der Waals surface area contributed by atoms with Crippen LogP contribution in [0.3, 0.4) is 0 Å². The van der Waals surface area contributed by atoms with Gasteiger partial charge in [0, 0.05) is 0 Å². The van der Waals surface area contributed by atoms with Crippen molar-refractivity contribution in [3.63, 3.8) is 0 Å². The van der Waals surface area contributed by atoms with Gasteiger partial charge in [-0.05, 0) is 31.2 Å². The zero-order valence-electron chi connectivity index (χ0n) is 8.03. The van der Waals surface area contributed by atoms with Crippen LogP contribution in [0.5, 0.6) is 0 Å². The van der Waals surface area contributed by atoms with Crippen LogP contribution in [0, 0.1) is 5.92 Å². The summed E-state index contributed by atoms with van der Waals surface area (Å²) in [4.78, 5) is 0. The van der Waals surface area contributed by atoms with Crippen LogP contribution in [0.15, 0.2) is 30.3 Å². The van der Waals surface area contributed by atoms with Crippen molar-refractivity contribution in [1.82, 2.24) is 0 Å².